The van der Waals surface area contributed by atoms with Gasteiger partial charge in [0, 0.05) is 32.6 Å². The third-order valence-electron chi connectivity index (χ3n) is 8.12. The van der Waals surface area contributed by atoms with Gasteiger partial charge in [0.15, 0.2) is 0 Å². The Balaban J connectivity index is 1.20. The predicted octanol–water partition coefficient (Wildman–Crippen LogP) is 4.66. The van der Waals surface area contributed by atoms with Crippen molar-refractivity contribution >= 4 is 11.9 Å². The van der Waals surface area contributed by atoms with Gasteiger partial charge in [-0.05, 0) is 47.6 Å². The maximum absolute atomic E-state index is 13.9. The van der Waals surface area contributed by atoms with Crippen molar-refractivity contribution < 1.29 is 14.3 Å². The number of urea groups is 1. The monoisotopic (exact) mass is 495 g/mol. The Morgan fingerprint density at radius 3 is 2.22 bits per heavy atom. The summed E-state index contributed by atoms with van der Waals surface area (Å²) in [6, 6.07) is 26.3. The van der Waals surface area contributed by atoms with E-state index in [-0.39, 0.29) is 11.9 Å². The zero-order chi connectivity index (χ0) is 25.2. The number of imide groups is 1. The van der Waals surface area contributed by atoms with Crippen LogP contribution in [0, 0.1) is 0 Å². The summed E-state index contributed by atoms with van der Waals surface area (Å²) in [5.41, 5.74) is 3.95. The second kappa shape index (κ2) is 10.0. The third-order valence-corrected chi connectivity index (χ3v) is 8.12. The van der Waals surface area contributed by atoms with E-state index < -0.39 is 5.54 Å². The van der Waals surface area contributed by atoms with Crippen LogP contribution in [0.25, 0.3) is 0 Å². The van der Waals surface area contributed by atoms with Crippen molar-refractivity contribution in [2.45, 2.75) is 44.3 Å². The Morgan fingerprint density at radius 1 is 0.784 bits per heavy atom. The third kappa shape index (κ3) is 4.62. The van der Waals surface area contributed by atoms with E-state index in [1.807, 2.05) is 53.4 Å². The quantitative estimate of drug-likeness (QED) is 0.448. The molecule has 190 valence electrons. The van der Waals surface area contributed by atoms with Gasteiger partial charge in [-0.2, -0.15) is 0 Å². The van der Waals surface area contributed by atoms with Gasteiger partial charge in [0.25, 0.3) is 5.91 Å². The highest BCUT2D eigenvalue weighted by atomic mass is 16.5. The molecular formula is C31H33N3O3. The molecular weight excluding hydrogens is 462 g/mol. The van der Waals surface area contributed by atoms with E-state index >= 15 is 0 Å². The summed E-state index contributed by atoms with van der Waals surface area (Å²) in [5, 5.41) is 0. The van der Waals surface area contributed by atoms with Crippen molar-refractivity contribution in [3.8, 4) is 5.75 Å². The highest BCUT2D eigenvalue weighted by Gasteiger charge is 2.57. The van der Waals surface area contributed by atoms with Crippen LogP contribution in [0.1, 0.15) is 35.1 Å². The number of ether oxygens (including phenoxy) is 1. The van der Waals surface area contributed by atoms with Crippen molar-refractivity contribution in [3.05, 3.63) is 101 Å². The first-order valence-electron chi connectivity index (χ1n) is 13.3. The zero-order valence-electron chi connectivity index (χ0n) is 21.1. The fourth-order valence-electron chi connectivity index (χ4n) is 6.04. The van der Waals surface area contributed by atoms with Crippen LogP contribution >= 0.6 is 0 Å². The second-order valence-electron chi connectivity index (χ2n) is 10.4. The number of nitrogens with zero attached hydrogens (tertiary/aromatic N) is 3. The van der Waals surface area contributed by atoms with E-state index in [1.165, 1.54) is 21.6 Å². The van der Waals surface area contributed by atoms with Crippen molar-refractivity contribution in [3.63, 3.8) is 0 Å². The van der Waals surface area contributed by atoms with E-state index in [0.29, 0.717) is 25.9 Å². The summed E-state index contributed by atoms with van der Waals surface area (Å²) in [6.45, 7) is 4.05. The highest BCUT2D eigenvalue weighted by Crippen LogP contribution is 2.38. The molecule has 37 heavy (non-hydrogen) atoms. The van der Waals surface area contributed by atoms with Gasteiger partial charge in [-0.15, -0.1) is 0 Å². The number of carbonyl (C=O) groups excluding carboxylic acids is 2. The summed E-state index contributed by atoms with van der Waals surface area (Å²) in [7, 11) is 0. The lowest BCUT2D eigenvalue weighted by molar-refractivity contribution is -0.136. The molecule has 3 aliphatic rings. The summed E-state index contributed by atoms with van der Waals surface area (Å²) in [6.07, 6.45) is 3.02. The Labute approximate surface area is 218 Å². The number of rotatable bonds is 7. The van der Waals surface area contributed by atoms with E-state index in [2.05, 4.69) is 35.2 Å². The number of benzene rings is 3. The lowest BCUT2D eigenvalue weighted by Gasteiger charge is -2.42. The Bertz CT molecular complexity index is 1270. The van der Waals surface area contributed by atoms with E-state index in [0.717, 1.165) is 50.4 Å². The van der Waals surface area contributed by atoms with Gasteiger partial charge < -0.3 is 9.64 Å². The minimum Gasteiger partial charge on any atom is -0.493 e. The number of fused-ring (bicyclic) bond motifs is 1. The van der Waals surface area contributed by atoms with Gasteiger partial charge in [-0.25, -0.2) is 4.79 Å². The molecule has 6 nitrogen and oxygen atoms in total. The molecule has 0 radical (unpaired) electrons. The molecule has 1 spiro atoms. The van der Waals surface area contributed by atoms with Gasteiger partial charge >= 0.3 is 6.03 Å². The van der Waals surface area contributed by atoms with Crippen LogP contribution in [0.4, 0.5) is 4.79 Å². The first-order chi connectivity index (χ1) is 18.1. The average Bonchev–Trinajstić information content (AvgIpc) is 3.47. The minimum atomic E-state index is -0.761. The molecule has 0 saturated carbocycles. The fraction of sp³-hybridized carbons (Fsp3) is 0.355. The molecule has 3 amide bonds. The lowest BCUT2D eigenvalue weighted by Crippen LogP contribution is -2.56. The second-order valence-corrected chi connectivity index (χ2v) is 10.4. The topological polar surface area (TPSA) is 53.1 Å². The van der Waals surface area contributed by atoms with Crippen LogP contribution in [0.2, 0.25) is 0 Å². The van der Waals surface area contributed by atoms with E-state index in [1.54, 1.807) is 0 Å². The average molecular weight is 496 g/mol. The van der Waals surface area contributed by atoms with Gasteiger partial charge in [-0.1, -0.05) is 72.8 Å². The van der Waals surface area contributed by atoms with Crippen molar-refractivity contribution in [1.29, 1.82) is 0 Å². The maximum Gasteiger partial charge on any atom is 0.328 e. The number of carbonyl (C=O) groups is 2. The molecule has 0 aliphatic carbocycles. The normalized spacial score (nSPS) is 18.9. The number of hydrogen-bond acceptors (Lipinski definition) is 4. The fourth-order valence-corrected chi connectivity index (χ4v) is 6.04. The smallest absolute Gasteiger partial charge is 0.328 e. The Kier molecular flexibility index (Phi) is 6.43. The molecule has 3 heterocycles. The predicted molar refractivity (Wildman–Crippen MR) is 142 cm³/mol. The number of piperidine rings is 1. The molecule has 3 aliphatic heterocycles. The Morgan fingerprint density at radius 2 is 1.49 bits per heavy atom. The van der Waals surface area contributed by atoms with E-state index in [4.69, 9.17) is 4.74 Å². The summed E-state index contributed by atoms with van der Waals surface area (Å²) >= 11 is 0. The molecule has 0 unspecified atom stereocenters. The van der Waals surface area contributed by atoms with Crippen LogP contribution in [-0.4, -0.2) is 58.4 Å². The van der Waals surface area contributed by atoms with Crippen LogP contribution in [-0.2, 0) is 30.7 Å². The summed E-state index contributed by atoms with van der Waals surface area (Å²) in [4.78, 5) is 33.4. The Hall–Kier alpha value is -3.64. The lowest BCUT2D eigenvalue weighted by atomic mass is 9.85. The van der Waals surface area contributed by atoms with Crippen LogP contribution in [0.5, 0.6) is 5.75 Å². The molecule has 2 fully saturated rings. The first-order valence-corrected chi connectivity index (χ1v) is 13.3. The van der Waals surface area contributed by atoms with Crippen LogP contribution in [0.3, 0.4) is 0 Å². The van der Waals surface area contributed by atoms with Crippen molar-refractivity contribution in [2.75, 3.05) is 26.2 Å². The standard InChI is InChI=1S/C31H33N3O3/c35-29-31(15-18-32(19-16-31)22-26-11-12-28-27(21-26)14-20-37-28)34(17-13-24-7-3-1-4-8-24)30(36)33(29)23-25-9-5-2-6-10-25/h1-12,21H,13-20,22-23H2. The van der Waals surface area contributed by atoms with E-state index in [9.17, 15) is 9.59 Å². The highest BCUT2D eigenvalue weighted by molar-refractivity contribution is 6.07. The molecule has 3 aromatic rings. The maximum atomic E-state index is 13.9. The van der Waals surface area contributed by atoms with Crippen LogP contribution in [0.15, 0.2) is 78.9 Å². The summed E-state index contributed by atoms with van der Waals surface area (Å²) < 4.78 is 5.65. The summed E-state index contributed by atoms with van der Waals surface area (Å²) in [5.74, 6) is 0.965. The van der Waals surface area contributed by atoms with Gasteiger partial charge in [0.05, 0.1) is 13.2 Å². The SMILES string of the molecule is O=C1N(Cc2ccccc2)C(=O)C2(CCN(Cc3ccc4c(c3)CCO4)CC2)N1CCc1ccccc1. The van der Waals surface area contributed by atoms with Gasteiger partial charge in [0.2, 0.25) is 0 Å². The molecule has 6 rings (SSSR count). The largest absolute Gasteiger partial charge is 0.493 e. The number of amides is 3. The molecule has 2 saturated heterocycles. The zero-order valence-corrected chi connectivity index (χ0v) is 21.1. The molecule has 0 bridgehead atoms. The van der Waals surface area contributed by atoms with Gasteiger partial charge in [-0.3, -0.25) is 14.6 Å². The van der Waals surface area contributed by atoms with Crippen molar-refractivity contribution in [2.24, 2.45) is 0 Å². The number of hydrogen-bond donors (Lipinski definition) is 0. The molecule has 3 aromatic carbocycles. The number of likely N-dealkylation sites (tertiary alicyclic amines) is 1. The first kappa shape index (κ1) is 23.7. The minimum absolute atomic E-state index is 0.0382. The van der Waals surface area contributed by atoms with Gasteiger partial charge in [0.1, 0.15) is 11.3 Å². The molecule has 0 atom stereocenters. The molecule has 6 heteroatoms. The van der Waals surface area contributed by atoms with Crippen molar-refractivity contribution in [1.82, 2.24) is 14.7 Å². The molecule has 0 aromatic heterocycles. The molecule has 0 N–H and O–H groups in total. The van der Waals surface area contributed by atoms with Crippen LogP contribution < -0.4 is 4.74 Å².